The fraction of sp³-hybridized carbons (Fsp3) is 0.538. The highest BCUT2D eigenvalue weighted by atomic mass is 16.5. The van der Waals surface area contributed by atoms with E-state index < -0.39 is 0 Å². The van der Waals surface area contributed by atoms with Crippen LogP contribution in [-0.4, -0.2) is 13.7 Å². The fourth-order valence-corrected chi connectivity index (χ4v) is 1.52. The molecule has 0 fully saturated rings. The van der Waals surface area contributed by atoms with E-state index in [2.05, 4.69) is 39.0 Å². The molecule has 1 unspecified atom stereocenters. The second-order valence-corrected chi connectivity index (χ2v) is 4.33. The Kier molecular flexibility index (Phi) is 4.15. The van der Waals surface area contributed by atoms with E-state index in [1.165, 1.54) is 11.1 Å². The van der Waals surface area contributed by atoms with Crippen molar-refractivity contribution in [2.24, 2.45) is 5.73 Å². The topological polar surface area (TPSA) is 35.2 Å². The van der Waals surface area contributed by atoms with E-state index in [4.69, 9.17) is 10.5 Å². The highest BCUT2D eigenvalue weighted by Crippen LogP contribution is 2.26. The molecule has 1 aromatic carbocycles. The van der Waals surface area contributed by atoms with E-state index in [1.807, 2.05) is 0 Å². The standard InChI is InChI=1S/C13H21NO/c1-9(2)11-5-12(10(3)8-14)7-13(6-11)15-4/h5-7,9-10H,8,14H2,1-4H3. The molecule has 0 saturated carbocycles. The Morgan fingerprint density at radius 1 is 1.13 bits per heavy atom. The summed E-state index contributed by atoms with van der Waals surface area (Å²) >= 11 is 0. The van der Waals surface area contributed by atoms with Crippen LogP contribution in [0.2, 0.25) is 0 Å². The molecule has 0 saturated heterocycles. The molecule has 0 radical (unpaired) electrons. The van der Waals surface area contributed by atoms with Gasteiger partial charge in [0.25, 0.3) is 0 Å². The molecule has 2 heteroatoms. The highest BCUT2D eigenvalue weighted by Gasteiger charge is 2.09. The summed E-state index contributed by atoms with van der Waals surface area (Å²) in [5.74, 6) is 1.83. The van der Waals surface area contributed by atoms with Crippen molar-refractivity contribution < 1.29 is 4.74 Å². The van der Waals surface area contributed by atoms with Gasteiger partial charge in [-0.05, 0) is 41.6 Å². The molecule has 0 aliphatic rings. The average Bonchev–Trinajstić information content (AvgIpc) is 2.27. The van der Waals surface area contributed by atoms with Gasteiger partial charge >= 0.3 is 0 Å². The van der Waals surface area contributed by atoms with Gasteiger partial charge in [0.05, 0.1) is 7.11 Å². The fourth-order valence-electron chi connectivity index (χ4n) is 1.52. The van der Waals surface area contributed by atoms with Crippen LogP contribution in [0.15, 0.2) is 18.2 Å². The predicted molar refractivity (Wildman–Crippen MR) is 64.6 cm³/mol. The molecule has 2 N–H and O–H groups in total. The summed E-state index contributed by atoms with van der Waals surface area (Å²) in [5.41, 5.74) is 8.26. The first-order valence-corrected chi connectivity index (χ1v) is 5.47. The van der Waals surface area contributed by atoms with Crippen LogP contribution in [0.1, 0.15) is 43.7 Å². The Labute approximate surface area is 92.4 Å². The van der Waals surface area contributed by atoms with Gasteiger partial charge in [-0.3, -0.25) is 0 Å². The quantitative estimate of drug-likeness (QED) is 0.824. The maximum Gasteiger partial charge on any atom is 0.119 e. The number of nitrogens with two attached hydrogens (primary N) is 1. The van der Waals surface area contributed by atoms with Crippen LogP contribution in [0.5, 0.6) is 5.75 Å². The first-order chi connectivity index (χ1) is 7.08. The second kappa shape index (κ2) is 5.17. The van der Waals surface area contributed by atoms with E-state index in [1.54, 1.807) is 7.11 Å². The molecule has 1 rings (SSSR count). The Hall–Kier alpha value is -1.02. The zero-order valence-electron chi connectivity index (χ0n) is 10.1. The molecule has 1 atom stereocenters. The molecule has 0 heterocycles. The Morgan fingerprint density at radius 2 is 1.73 bits per heavy atom. The van der Waals surface area contributed by atoms with E-state index in [0.29, 0.717) is 18.4 Å². The minimum absolute atomic E-state index is 0.387. The molecule has 0 aliphatic heterocycles. The summed E-state index contributed by atoms with van der Waals surface area (Å²) in [6.07, 6.45) is 0. The van der Waals surface area contributed by atoms with Crippen molar-refractivity contribution in [3.63, 3.8) is 0 Å². The number of hydrogen-bond donors (Lipinski definition) is 1. The zero-order valence-corrected chi connectivity index (χ0v) is 10.1. The van der Waals surface area contributed by atoms with E-state index >= 15 is 0 Å². The van der Waals surface area contributed by atoms with Crippen LogP contribution < -0.4 is 10.5 Å². The SMILES string of the molecule is COc1cc(C(C)C)cc(C(C)CN)c1. The van der Waals surface area contributed by atoms with Gasteiger partial charge in [0.2, 0.25) is 0 Å². The average molecular weight is 207 g/mol. The lowest BCUT2D eigenvalue weighted by Crippen LogP contribution is -2.09. The van der Waals surface area contributed by atoms with E-state index in [0.717, 1.165) is 5.75 Å². The monoisotopic (exact) mass is 207 g/mol. The largest absolute Gasteiger partial charge is 0.497 e. The van der Waals surface area contributed by atoms with Gasteiger partial charge < -0.3 is 10.5 Å². The van der Waals surface area contributed by atoms with Crippen LogP contribution in [0.25, 0.3) is 0 Å². The summed E-state index contributed by atoms with van der Waals surface area (Å²) in [6, 6.07) is 6.39. The van der Waals surface area contributed by atoms with Gasteiger partial charge in [0.1, 0.15) is 5.75 Å². The minimum Gasteiger partial charge on any atom is -0.497 e. The van der Waals surface area contributed by atoms with Gasteiger partial charge in [-0.25, -0.2) is 0 Å². The zero-order chi connectivity index (χ0) is 11.4. The predicted octanol–water partition coefficient (Wildman–Crippen LogP) is 2.88. The molecule has 0 bridgehead atoms. The molecule has 84 valence electrons. The Bertz CT molecular complexity index is 320. The maximum absolute atomic E-state index is 5.68. The maximum atomic E-state index is 5.68. The lowest BCUT2D eigenvalue weighted by Gasteiger charge is -2.15. The molecule has 0 aliphatic carbocycles. The van der Waals surface area contributed by atoms with Crippen LogP contribution in [0.4, 0.5) is 0 Å². The van der Waals surface area contributed by atoms with Crippen molar-refractivity contribution in [1.82, 2.24) is 0 Å². The minimum atomic E-state index is 0.387. The number of rotatable bonds is 4. The normalized spacial score (nSPS) is 12.9. The molecular weight excluding hydrogens is 186 g/mol. The van der Waals surface area contributed by atoms with Crippen molar-refractivity contribution in [2.45, 2.75) is 32.6 Å². The Balaban J connectivity index is 3.11. The highest BCUT2D eigenvalue weighted by molar-refractivity contribution is 5.37. The van der Waals surface area contributed by atoms with Gasteiger partial charge in [0.15, 0.2) is 0 Å². The third-order valence-electron chi connectivity index (χ3n) is 2.78. The Morgan fingerprint density at radius 3 is 2.20 bits per heavy atom. The molecule has 0 aromatic heterocycles. The summed E-state index contributed by atoms with van der Waals surface area (Å²) in [7, 11) is 1.70. The molecule has 2 nitrogen and oxygen atoms in total. The summed E-state index contributed by atoms with van der Waals surface area (Å²) in [4.78, 5) is 0. The lowest BCUT2D eigenvalue weighted by atomic mass is 9.94. The number of ether oxygens (including phenoxy) is 1. The van der Waals surface area contributed by atoms with Gasteiger partial charge in [-0.2, -0.15) is 0 Å². The molecular formula is C13H21NO. The van der Waals surface area contributed by atoms with Gasteiger partial charge in [0, 0.05) is 0 Å². The summed E-state index contributed by atoms with van der Waals surface area (Å²) in [5, 5.41) is 0. The third kappa shape index (κ3) is 2.96. The van der Waals surface area contributed by atoms with E-state index in [9.17, 15) is 0 Å². The van der Waals surface area contributed by atoms with Crippen LogP contribution in [0.3, 0.4) is 0 Å². The molecule has 0 spiro atoms. The number of methoxy groups -OCH3 is 1. The number of benzene rings is 1. The van der Waals surface area contributed by atoms with Crippen LogP contribution in [-0.2, 0) is 0 Å². The molecule has 0 amide bonds. The van der Waals surface area contributed by atoms with E-state index in [-0.39, 0.29) is 0 Å². The van der Waals surface area contributed by atoms with Crippen molar-refractivity contribution in [3.8, 4) is 5.75 Å². The van der Waals surface area contributed by atoms with Crippen molar-refractivity contribution >= 4 is 0 Å². The summed E-state index contributed by atoms with van der Waals surface area (Å²) < 4.78 is 5.30. The molecule has 15 heavy (non-hydrogen) atoms. The van der Waals surface area contributed by atoms with Crippen LogP contribution >= 0.6 is 0 Å². The van der Waals surface area contributed by atoms with Crippen LogP contribution in [0, 0.1) is 0 Å². The van der Waals surface area contributed by atoms with Crippen molar-refractivity contribution in [2.75, 3.05) is 13.7 Å². The lowest BCUT2D eigenvalue weighted by molar-refractivity contribution is 0.413. The van der Waals surface area contributed by atoms with Crippen molar-refractivity contribution in [1.29, 1.82) is 0 Å². The smallest absolute Gasteiger partial charge is 0.119 e. The van der Waals surface area contributed by atoms with Gasteiger partial charge in [-0.1, -0.05) is 26.8 Å². The first kappa shape index (κ1) is 12.1. The van der Waals surface area contributed by atoms with Gasteiger partial charge in [-0.15, -0.1) is 0 Å². The second-order valence-electron chi connectivity index (χ2n) is 4.33. The first-order valence-electron chi connectivity index (χ1n) is 5.47. The third-order valence-corrected chi connectivity index (χ3v) is 2.78. The molecule has 1 aromatic rings. The van der Waals surface area contributed by atoms with Crippen molar-refractivity contribution in [3.05, 3.63) is 29.3 Å². The number of hydrogen-bond acceptors (Lipinski definition) is 2. The summed E-state index contributed by atoms with van der Waals surface area (Å²) in [6.45, 7) is 7.18.